The van der Waals surface area contributed by atoms with E-state index in [1.807, 2.05) is 26.0 Å². The molecule has 2 aromatic carbocycles. The van der Waals surface area contributed by atoms with Gasteiger partial charge in [-0.25, -0.2) is 0 Å². The van der Waals surface area contributed by atoms with Gasteiger partial charge in [0.1, 0.15) is 6.61 Å². The molecule has 0 spiro atoms. The van der Waals surface area contributed by atoms with E-state index in [4.69, 9.17) is 10.00 Å². The summed E-state index contributed by atoms with van der Waals surface area (Å²) >= 11 is 0. The Labute approximate surface area is 217 Å². The Kier molecular flexibility index (Phi) is 9.43. The molecule has 194 valence electrons. The number of benzene rings is 2. The highest BCUT2D eigenvalue weighted by Gasteiger charge is 2.47. The van der Waals surface area contributed by atoms with Crippen LogP contribution < -0.4 is 4.90 Å². The van der Waals surface area contributed by atoms with Gasteiger partial charge in [0.25, 0.3) is 0 Å². The number of hydrogen-bond donors (Lipinski definition) is 0. The molecule has 0 saturated heterocycles. The molecule has 2 rings (SSSR count). The zero-order valence-electron chi connectivity index (χ0n) is 23.5. The number of ether oxygens (including phenoxy) is 1. The van der Waals surface area contributed by atoms with Crippen molar-refractivity contribution in [1.82, 2.24) is 0 Å². The van der Waals surface area contributed by atoms with Gasteiger partial charge in [0.15, 0.2) is 0 Å². The summed E-state index contributed by atoms with van der Waals surface area (Å²) in [5.41, 5.74) is 3.38. The molecule has 36 heavy (non-hydrogen) atoms. The van der Waals surface area contributed by atoms with Gasteiger partial charge in [-0.2, -0.15) is 15.5 Å². The number of hydrogen-bond acceptors (Lipinski definition) is 6. The minimum Gasteiger partial charge on any atom is -0.463 e. The van der Waals surface area contributed by atoms with Gasteiger partial charge in [-0.1, -0.05) is 41.5 Å². The summed E-state index contributed by atoms with van der Waals surface area (Å²) in [5.74, 6) is -0.129. The molecule has 2 aromatic rings. The Bertz CT molecular complexity index is 1100. The van der Waals surface area contributed by atoms with Gasteiger partial charge in [-0.15, -0.1) is 0 Å². The zero-order valence-corrected chi connectivity index (χ0v) is 23.5. The summed E-state index contributed by atoms with van der Waals surface area (Å²) in [6.07, 6.45) is 0.761. The van der Waals surface area contributed by atoms with Crippen LogP contribution >= 0.6 is 0 Å². The van der Waals surface area contributed by atoms with Gasteiger partial charge in [0.05, 0.1) is 35.0 Å². The molecule has 1 unspecified atom stereocenters. The zero-order chi connectivity index (χ0) is 27.1. The van der Waals surface area contributed by atoms with Crippen LogP contribution in [-0.2, 0) is 9.53 Å². The molecule has 0 radical (unpaired) electrons. The summed E-state index contributed by atoms with van der Waals surface area (Å²) in [7, 11) is 0. The largest absolute Gasteiger partial charge is 0.463 e. The third-order valence-corrected chi connectivity index (χ3v) is 6.78. The van der Waals surface area contributed by atoms with Crippen LogP contribution in [0.25, 0.3) is 0 Å². The lowest BCUT2D eigenvalue weighted by molar-refractivity contribution is -0.164. The van der Waals surface area contributed by atoms with E-state index in [-0.39, 0.29) is 16.8 Å². The highest BCUT2D eigenvalue weighted by Crippen LogP contribution is 2.47. The van der Waals surface area contributed by atoms with E-state index in [0.717, 1.165) is 29.9 Å². The van der Waals surface area contributed by atoms with E-state index < -0.39 is 5.41 Å². The van der Waals surface area contributed by atoms with Crippen molar-refractivity contribution < 1.29 is 9.53 Å². The summed E-state index contributed by atoms with van der Waals surface area (Å²) in [5, 5.41) is 17.6. The fourth-order valence-corrected chi connectivity index (χ4v) is 4.24. The first-order valence-corrected chi connectivity index (χ1v) is 12.6. The third-order valence-electron chi connectivity index (χ3n) is 6.78. The number of nitriles is 1. The standard InChI is InChI=1S/C30H42N4O2/c1-10-34(17-18-36-27(35)30(9,29(6,7)8)21-28(3,4)5)25-15-16-26(22(2)19-25)33-32-24-13-11-23(20-31)12-14-24/h11-16,19H,10,17-18,21H2,1-9H3. The first-order valence-electron chi connectivity index (χ1n) is 12.6. The SMILES string of the molecule is CCN(CCOC(=O)C(C)(CC(C)(C)C)C(C)(C)C)c1ccc(N=Nc2ccc(C#N)cc2)c(C)c1. The molecule has 1 atom stereocenters. The molecule has 0 aliphatic heterocycles. The number of azo groups is 1. The number of nitrogens with zero attached hydrogens (tertiary/aromatic N) is 4. The molecule has 0 aromatic heterocycles. The van der Waals surface area contributed by atoms with Gasteiger partial charge < -0.3 is 9.64 Å². The maximum Gasteiger partial charge on any atom is 0.312 e. The number of carbonyl (C=O) groups excluding carboxylic acids is 1. The van der Waals surface area contributed by atoms with Crippen LogP contribution in [0.2, 0.25) is 0 Å². The molecule has 0 aliphatic rings. The van der Waals surface area contributed by atoms with Crippen molar-refractivity contribution in [2.24, 2.45) is 26.5 Å². The average molecular weight is 491 g/mol. The van der Waals surface area contributed by atoms with E-state index >= 15 is 0 Å². The van der Waals surface area contributed by atoms with Crippen molar-refractivity contribution in [3.63, 3.8) is 0 Å². The number of anilines is 1. The minimum absolute atomic E-state index is 0.0210. The van der Waals surface area contributed by atoms with Gasteiger partial charge >= 0.3 is 5.97 Å². The van der Waals surface area contributed by atoms with Crippen molar-refractivity contribution in [2.75, 3.05) is 24.6 Å². The van der Waals surface area contributed by atoms with Gasteiger partial charge in [-0.05, 0) is 86.1 Å². The predicted octanol–water partition coefficient (Wildman–Crippen LogP) is 8.14. The number of aryl methyl sites for hydroxylation is 1. The van der Waals surface area contributed by atoms with Gasteiger partial charge in [0, 0.05) is 12.2 Å². The minimum atomic E-state index is -0.569. The summed E-state index contributed by atoms with van der Waals surface area (Å²) in [6.45, 7) is 20.7. The quantitative estimate of drug-likeness (QED) is 0.262. The van der Waals surface area contributed by atoms with E-state index in [0.29, 0.717) is 24.4 Å². The molecule has 6 nitrogen and oxygen atoms in total. The fourth-order valence-electron chi connectivity index (χ4n) is 4.24. The number of carbonyl (C=O) groups is 1. The summed E-state index contributed by atoms with van der Waals surface area (Å²) < 4.78 is 5.86. The van der Waals surface area contributed by atoms with E-state index in [1.54, 1.807) is 24.3 Å². The van der Waals surface area contributed by atoms with Crippen LogP contribution in [0.1, 0.15) is 72.9 Å². The van der Waals surface area contributed by atoms with Crippen LogP contribution in [0, 0.1) is 34.5 Å². The summed E-state index contributed by atoms with van der Waals surface area (Å²) in [4.78, 5) is 15.4. The Morgan fingerprint density at radius 3 is 2.14 bits per heavy atom. The van der Waals surface area contributed by atoms with Crippen LogP contribution in [0.5, 0.6) is 0 Å². The topological polar surface area (TPSA) is 78.0 Å². The molecule has 0 aliphatic carbocycles. The van der Waals surface area contributed by atoms with Crippen LogP contribution in [-0.4, -0.2) is 25.7 Å². The maximum atomic E-state index is 13.2. The van der Waals surface area contributed by atoms with E-state index in [9.17, 15) is 4.79 Å². The Morgan fingerprint density at radius 2 is 1.64 bits per heavy atom. The van der Waals surface area contributed by atoms with Crippen LogP contribution in [0.15, 0.2) is 52.7 Å². The smallest absolute Gasteiger partial charge is 0.312 e. The first-order chi connectivity index (χ1) is 16.7. The lowest BCUT2D eigenvalue weighted by Gasteiger charge is -2.43. The lowest BCUT2D eigenvalue weighted by atomic mass is 9.61. The number of likely N-dealkylation sites (N-methyl/N-ethyl adjacent to an activating group) is 1. The molecule has 0 heterocycles. The van der Waals surface area contributed by atoms with E-state index in [2.05, 4.69) is 75.7 Å². The molecule has 0 N–H and O–H groups in total. The second-order valence-electron chi connectivity index (χ2n) is 11.9. The van der Waals surface area contributed by atoms with Crippen molar-refractivity contribution in [3.05, 3.63) is 53.6 Å². The van der Waals surface area contributed by atoms with Crippen molar-refractivity contribution >= 4 is 23.0 Å². The van der Waals surface area contributed by atoms with Crippen molar-refractivity contribution in [3.8, 4) is 6.07 Å². The number of esters is 1. The molecule has 0 bridgehead atoms. The molecule has 6 heteroatoms. The Balaban J connectivity index is 2.06. The van der Waals surface area contributed by atoms with Crippen LogP contribution in [0.4, 0.5) is 17.1 Å². The summed E-state index contributed by atoms with van der Waals surface area (Å²) in [6, 6.07) is 15.2. The molecule has 0 amide bonds. The monoisotopic (exact) mass is 490 g/mol. The highest BCUT2D eigenvalue weighted by molar-refractivity contribution is 5.77. The highest BCUT2D eigenvalue weighted by atomic mass is 16.5. The van der Waals surface area contributed by atoms with Crippen molar-refractivity contribution in [2.45, 2.75) is 68.7 Å². The molecular weight excluding hydrogens is 448 g/mol. The normalized spacial score (nSPS) is 13.8. The van der Waals surface area contributed by atoms with Gasteiger partial charge in [-0.3, -0.25) is 4.79 Å². The molecular formula is C30H42N4O2. The van der Waals surface area contributed by atoms with Gasteiger partial charge in [0.2, 0.25) is 0 Å². The van der Waals surface area contributed by atoms with Crippen LogP contribution in [0.3, 0.4) is 0 Å². The second kappa shape index (κ2) is 11.7. The Hall–Kier alpha value is -3.20. The predicted molar refractivity (Wildman–Crippen MR) is 147 cm³/mol. The first kappa shape index (κ1) is 29.0. The Morgan fingerprint density at radius 1 is 1.00 bits per heavy atom. The van der Waals surface area contributed by atoms with E-state index in [1.165, 1.54) is 0 Å². The lowest BCUT2D eigenvalue weighted by Crippen LogP contribution is -2.45. The second-order valence-corrected chi connectivity index (χ2v) is 11.9. The average Bonchev–Trinajstić information content (AvgIpc) is 2.79. The third kappa shape index (κ3) is 7.65. The molecule has 0 saturated carbocycles. The number of rotatable bonds is 9. The molecule has 0 fully saturated rings. The van der Waals surface area contributed by atoms with Crippen molar-refractivity contribution in [1.29, 1.82) is 5.26 Å². The maximum absolute atomic E-state index is 13.2. The fraction of sp³-hybridized carbons (Fsp3) is 0.533.